The van der Waals surface area contributed by atoms with E-state index in [1.807, 2.05) is 0 Å². The molecule has 1 aliphatic carbocycles. The van der Waals surface area contributed by atoms with E-state index in [1.165, 1.54) is 66.4 Å². The minimum absolute atomic E-state index is 0.0293. The Kier molecular flexibility index (Phi) is 7.21. The van der Waals surface area contributed by atoms with Crippen LogP contribution in [0, 0.1) is 0 Å². The summed E-state index contributed by atoms with van der Waals surface area (Å²) in [5.41, 5.74) is 16.1. The van der Waals surface area contributed by atoms with Crippen molar-refractivity contribution in [1.82, 2.24) is 0 Å². The molecule has 8 aromatic carbocycles. The van der Waals surface area contributed by atoms with Gasteiger partial charge in [0.2, 0.25) is 0 Å². The van der Waals surface area contributed by atoms with E-state index >= 15 is 0 Å². The molecule has 0 amide bonds. The summed E-state index contributed by atoms with van der Waals surface area (Å²) >= 11 is 0. The maximum Gasteiger partial charge on any atom is 0.0467 e. The van der Waals surface area contributed by atoms with Crippen molar-refractivity contribution in [3.05, 3.63) is 199 Å². The lowest BCUT2D eigenvalue weighted by molar-refractivity contribution is 0.660. The van der Waals surface area contributed by atoms with Crippen LogP contribution >= 0.6 is 0 Å². The fourth-order valence-electron chi connectivity index (χ4n) is 7.78. The van der Waals surface area contributed by atoms with E-state index in [2.05, 4.69) is 207 Å². The third-order valence-corrected chi connectivity index (χ3v) is 10.4. The standard InChI is InChI=1S/C49H37N/c1-49(2)47-21-9-8-20-45(47)46-29-26-41(33-48(46)49)36-24-27-42(28-25-36)50(43-18-10-16-38(31-43)34-12-4-3-5-13-34)44-19-11-17-39(32-44)40-23-22-35-14-6-7-15-37(35)30-40/h3-33H,1-2H3. The molecule has 0 bridgehead atoms. The van der Waals surface area contributed by atoms with Gasteiger partial charge in [0.25, 0.3) is 0 Å². The number of nitrogens with zero attached hydrogens (tertiary/aromatic N) is 1. The zero-order valence-corrected chi connectivity index (χ0v) is 28.3. The van der Waals surface area contributed by atoms with Crippen LogP contribution in [0.2, 0.25) is 0 Å². The number of hydrogen-bond donors (Lipinski definition) is 0. The molecular formula is C49H37N. The van der Waals surface area contributed by atoms with Gasteiger partial charge in [-0.05, 0) is 115 Å². The van der Waals surface area contributed by atoms with Gasteiger partial charge in [0.1, 0.15) is 0 Å². The Morgan fingerprint density at radius 1 is 0.320 bits per heavy atom. The van der Waals surface area contributed by atoms with Crippen molar-refractivity contribution in [3.8, 4) is 44.5 Å². The summed E-state index contributed by atoms with van der Waals surface area (Å²) in [6.07, 6.45) is 0. The minimum Gasteiger partial charge on any atom is -0.310 e. The Hall–Kier alpha value is -6.18. The molecule has 0 heterocycles. The zero-order chi connectivity index (χ0) is 33.7. The number of rotatable bonds is 6. The summed E-state index contributed by atoms with van der Waals surface area (Å²) in [7, 11) is 0. The quantitative estimate of drug-likeness (QED) is 0.175. The Labute approximate surface area is 294 Å². The van der Waals surface area contributed by atoms with E-state index in [9.17, 15) is 0 Å². The van der Waals surface area contributed by atoms with Crippen LogP contribution in [0.1, 0.15) is 25.0 Å². The molecule has 1 nitrogen and oxygen atoms in total. The lowest BCUT2D eigenvalue weighted by atomic mass is 9.81. The molecule has 0 saturated carbocycles. The van der Waals surface area contributed by atoms with Gasteiger partial charge in [0.05, 0.1) is 0 Å². The van der Waals surface area contributed by atoms with Crippen LogP contribution in [0.15, 0.2) is 188 Å². The van der Waals surface area contributed by atoms with E-state index in [-0.39, 0.29) is 5.41 Å². The second-order valence-electron chi connectivity index (χ2n) is 13.8. The SMILES string of the molecule is CC1(C)c2ccccc2-c2ccc(-c3ccc(N(c4cccc(-c5ccccc5)c4)c4cccc(-c5ccc6ccccc6c5)c4)cc3)cc21. The molecule has 0 fully saturated rings. The van der Waals surface area contributed by atoms with Gasteiger partial charge < -0.3 is 4.90 Å². The number of hydrogen-bond acceptors (Lipinski definition) is 1. The van der Waals surface area contributed by atoms with Crippen LogP contribution in [0.5, 0.6) is 0 Å². The summed E-state index contributed by atoms with van der Waals surface area (Å²) in [5.74, 6) is 0. The van der Waals surface area contributed by atoms with Crippen molar-refractivity contribution < 1.29 is 0 Å². The van der Waals surface area contributed by atoms with Crippen molar-refractivity contribution in [2.45, 2.75) is 19.3 Å². The largest absolute Gasteiger partial charge is 0.310 e. The number of anilines is 3. The van der Waals surface area contributed by atoms with Crippen LogP contribution in [-0.2, 0) is 5.41 Å². The highest BCUT2D eigenvalue weighted by Gasteiger charge is 2.35. The van der Waals surface area contributed by atoms with Crippen LogP contribution in [-0.4, -0.2) is 0 Å². The zero-order valence-electron chi connectivity index (χ0n) is 28.3. The molecule has 0 spiro atoms. The fraction of sp³-hybridized carbons (Fsp3) is 0.0612. The monoisotopic (exact) mass is 639 g/mol. The van der Waals surface area contributed by atoms with Gasteiger partial charge in [-0.3, -0.25) is 0 Å². The van der Waals surface area contributed by atoms with Gasteiger partial charge in [-0.25, -0.2) is 0 Å². The van der Waals surface area contributed by atoms with E-state index in [1.54, 1.807) is 0 Å². The van der Waals surface area contributed by atoms with Crippen molar-refractivity contribution in [1.29, 1.82) is 0 Å². The summed E-state index contributed by atoms with van der Waals surface area (Å²) in [5, 5.41) is 2.50. The third kappa shape index (κ3) is 5.19. The number of benzene rings is 8. The molecule has 1 aliphatic rings. The number of fused-ring (bicyclic) bond motifs is 4. The van der Waals surface area contributed by atoms with Crippen molar-refractivity contribution >= 4 is 27.8 Å². The average Bonchev–Trinajstić information content (AvgIpc) is 3.41. The fourth-order valence-corrected chi connectivity index (χ4v) is 7.78. The molecule has 1 heteroatoms. The summed E-state index contributed by atoms with van der Waals surface area (Å²) in [6.45, 7) is 4.69. The summed E-state index contributed by atoms with van der Waals surface area (Å²) < 4.78 is 0. The third-order valence-electron chi connectivity index (χ3n) is 10.4. The molecule has 0 atom stereocenters. The maximum absolute atomic E-state index is 2.40. The predicted molar refractivity (Wildman–Crippen MR) is 213 cm³/mol. The smallest absolute Gasteiger partial charge is 0.0467 e. The first-order valence-electron chi connectivity index (χ1n) is 17.4. The highest BCUT2D eigenvalue weighted by molar-refractivity contribution is 5.89. The summed E-state index contributed by atoms with van der Waals surface area (Å²) in [6, 6.07) is 68.6. The van der Waals surface area contributed by atoms with E-state index in [0.29, 0.717) is 0 Å². The average molecular weight is 640 g/mol. The highest BCUT2D eigenvalue weighted by Crippen LogP contribution is 2.49. The first-order chi connectivity index (χ1) is 24.5. The maximum atomic E-state index is 2.40. The molecule has 0 N–H and O–H groups in total. The van der Waals surface area contributed by atoms with E-state index in [4.69, 9.17) is 0 Å². The van der Waals surface area contributed by atoms with Gasteiger partial charge in [0.15, 0.2) is 0 Å². The molecular weight excluding hydrogens is 603 g/mol. The van der Waals surface area contributed by atoms with Crippen LogP contribution < -0.4 is 4.90 Å². The molecule has 8 aromatic rings. The minimum atomic E-state index is -0.0293. The second kappa shape index (κ2) is 12.1. The van der Waals surface area contributed by atoms with Gasteiger partial charge in [-0.2, -0.15) is 0 Å². The van der Waals surface area contributed by atoms with Crippen molar-refractivity contribution in [2.75, 3.05) is 4.90 Å². The molecule has 50 heavy (non-hydrogen) atoms. The van der Waals surface area contributed by atoms with Crippen LogP contribution in [0.4, 0.5) is 17.1 Å². The first-order valence-corrected chi connectivity index (χ1v) is 17.4. The predicted octanol–water partition coefficient (Wildman–Crippen LogP) is 13.6. The molecule has 238 valence electrons. The Morgan fingerprint density at radius 2 is 0.840 bits per heavy atom. The Bertz CT molecular complexity index is 2510. The topological polar surface area (TPSA) is 3.24 Å². The molecule has 0 aliphatic heterocycles. The van der Waals surface area contributed by atoms with Gasteiger partial charge in [0, 0.05) is 22.5 Å². The van der Waals surface area contributed by atoms with Crippen LogP contribution in [0.3, 0.4) is 0 Å². The van der Waals surface area contributed by atoms with E-state index < -0.39 is 0 Å². The Balaban J connectivity index is 1.13. The van der Waals surface area contributed by atoms with Crippen molar-refractivity contribution in [3.63, 3.8) is 0 Å². The van der Waals surface area contributed by atoms with E-state index in [0.717, 1.165) is 17.1 Å². The lowest BCUT2D eigenvalue weighted by Gasteiger charge is -2.27. The van der Waals surface area contributed by atoms with Gasteiger partial charge in [-0.15, -0.1) is 0 Å². The first kappa shape index (κ1) is 29.9. The molecule has 0 saturated heterocycles. The van der Waals surface area contributed by atoms with Crippen molar-refractivity contribution in [2.24, 2.45) is 0 Å². The highest BCUT2D eigenvalue weighted by atomic mass is 15.1. The lowest BCUT2D eigenvalue weighted by Crippen LogP contribution is -2.14. The molecule has 9 rings (SSSR count). The Morgan fingerprint density at radius 3 is 1.60 bits per heavy atom. The van der Waals surface area contributed by atoms with Crippen LogP contribution in [0.25, 0.3) is 55.3 Å². The normalized spacial score (nSPS) is 12.8. The second-order valence-corrected chi connectivity index (χ2v) is 13.8. The molecule has 0 unspecified atom stereocenters. The molecule has 0 aromatic heterocycles. The van der Waals surface area contributed by atoms with Gasteiger partial charge in [-0.1, -0.05) is 153 Å². The molecule has 0 radical (unpaired) electrons. The summed E-state index contributed by atoms with van der Waals surface area (Å²) in [4.78, 5) is 2.38. The van der Waals surface area contributed by atoms with Gasteiger partial charge >= 0.3 is 0 Å².